The van der Waals surface area contributed by atoms with Gasteiger partial charge in [-0.3, -0.25) is 10.9 Å². The first kappa shape index (κ1) is 10.4. The molecule has 3 N–H and O–H groups in total. The normalized spacial score (nSPS) is 9.21. The molecule has 0 unspecified atom stereocenters. The Morgan fingerprint density at radius 2 is 2.43 bits per heavy atom. The van der Waals surface area contributed by atoms with Gasteiger partial charge in [-0.1, -0.05) is 12.2 Å². The summed E-state index contributed by atoms with van der Waals surface area (Å²) in [7, 11) is 0. The van der Waals surface area contributed by atoms with Gasteiger partial charge in [0.25, 0.3) is 0 Å². The van der Waals surface area contributed by atoms with Crippen LogP contribution in [0.3, 0.4) is 0 Å². The summed E-state index contributed by atoms with van der Waals surface area (Å²) in [6.07, 6.45) is 1.28. The van der Waals surface area contributed by atoms with E-state index in [2.05, 4.69) is 28.1 Å². The van der Waals surface area contributed by atoms with Crippen molar-refractivity contribution in [1.29, 1.82) is 0 Å². The number of nitrogens with one attached hydrogen (secondary N) is 2. The standard InChI is InChI=1S/C8H9N3O2S/c1-5-2-6(8(12)13)3-9-7(5)11-10-4-14/h2-4H,1H3,(H,9,11)(H,10,14)(H,12,13). The summed E-state index contributed by atoms with van der Waals surface area (Å²) < 4.78 is 0. The molecule has 0 amide bonds. The molecular formula is C8H9N3O2S. The number of carbonyl (C=O) groups is 1. The van der Waals surface area contributed by atoms with Crippen LogP contribution in [0, 0.1) is 6.92 Å². The Bertz CT molecular complexity index is 368. The molecule has 14 heavy (non-hydrogen) atoms. The van der Waals surface area contributed by atoms with Crippen LogP contribution in [0.5, 0.6) is 0 Å². The quantitative estimate of drug-likeness (QED) is 0.509. The summed E-state index contributed by atoms with van der Waals surface area (Å²) >= 11 is 4.54. The molecule has 0 radical (unpaired) electrons. The van der Waals surface area contributed by atoms with Crippen molar-refractivity contribution in [3.8, 4) is 0 Å². The van der Waals surface area contributed by atoms with E-state index < -0.39 is 5.97 Å². The van der Waals surface area contributed by atoms with Crippen LogP contribution in [-0.4, -0.2) is 21.6 Å². The summed E-state index contributed by atoms with van der Waals surface area (Å²) in [6, 6.07) is 1.53. The van der Waals surface area contributed by atoms with Crippen molar-refractivity contribution in [1.82, 2.24) is 10.4 Å². The predicted molar refractivity (Wildman–Crippen MR) is 56.3 cm³/mol. The van der Waals surface area contributed by atoms with E-state index in [1.54, 1.807) is 6.92 Å². The van der Waals surface area contributed by atoms with Crippen LogP contribution < -0.4 is 10.9 Å². The summed E-state index contributed by atoms with van der Waals surface area (Å²) in [5.74, 6) is -0.439. The number of hydrazine groups is 1. The Hall–Kier alpha value is -1.69. The van der Waals surface area contributed by atoms with Crippen molar-refractivity contribution < 1.29 is 9.90 Å². The molecular weight excluding hydrogens is 202 g/mol. The first-order valence-electron chi connectivity index (χ1n) is 3.80. The third kappa shape index (κ3) is 2.40. The van der Waals surface area contributed by atoms with E-state index in [1.165, 1.54) is 17.8 Å². The second-order valence-corrected chi connectivity index (χ2v) is 2.82. The molecule has 0 atom stereocenters. The molecule has 0 fully saturated rings. The first-order chi connectivity index (χ1) is 6.65. The van der Waals surface area contributed by atoms with Gasteiger partial charge in [0.2, 0.25) is 0 Å². The van der Waals surface area contributed by atoms with Crippen molar-refractivity contribution in [3.63, 3.8) is 0 Å². The number of carboxylic acid groups (broad SMARTS) is 1. The molecule has 0 aliphatic carbocycles. The number of aromatic carboxylic acids is 1. The number of pyridine rings is 1. The Balaban J connectivity index is 2.89. The first-order valence-corrected chi connectivity index (χ1v) is 4.27. The fourth-order valence-electron chi connectivity index (χ4n) is 0.920. The fraction of sp³-hybridized carbons (Fsp3) is 0.125. The zero-order chi connectivity index (χ0) is 10.6. The largest absolute Gasteiger partial charge is 0.478 e. The predicted octanol–water partition coefficient (Wildman–Crippen LogP) is 0.962. The van der Waals surface area contributed by atoms with Crippen LogP contribution in [-0.2, 0) is 0 Å². The zero-order valence-electron chi connectivity index (χ0n) is 7.44. The lowest BCUT2D eigenvalue weighted by Gasteiger charge is -2.07. The number of thiocarbonyl (C=S) groups is 1. The van der Waals surface area contributed by atoms with Crippen LogP contribution in [0.25, 0.3) is 0 Å². The lowest BCUT2D eigenvalue weighted by molar-refractivity contribution is 0.0696. The Morgan fingerprint density at radius 1 is 1.71 bits per heavy atom. The number of aromatic nitrogens is 1. The van der Waals surface area contributed by atoms with Gasteiger partial charge in [-0.2, -0.15) is 0 Å². The highest BCUT2D eigenvalue weighted by molar-refractivity contribution is 7.78. The van der Waals surface area contributed by atoms with Crippen molar-refractivity contribution in [2.75, 3.05) is 5.43 Å². The molecule has 5 nitrogen and oxygen atoms in total. The minimum absolute atomic E-state index is 0.162. The van der Waals surface area contributed by atoms with Crippen LogP contribution in [0.4, 0.5) is 5.82 Å². The highest BCUT2D eigenvalue weighted by Gasteiger charge is 2.05. The maximum absolute atomic E-state index is 10.6. The smallest absolute Gasteiger partial charge is 0.337 e. The molecule has 0 aliphatic heterocycles. The number of aryl methyl sites for hydroxylation is 1. The van der Waals surface area contributed by atoms with E-state index in [0.29, 0.717) is 5.82 Å². The van der Waals surface area contributed by atoms with Crippen molar-refractivity contribution in [2.45, 2.75) is 6.92 Å². The molecule has 0 aromatic carbocycles. The van der Waals surface area contributed by atoms with Crippen molar-refractivity contribution in [2.24, 2.45) is 0 Å². The third-order valence-corrected chi connectivity index (χ3v) is 1.69. The maximum atomic E-state index is 10.6. The highest BCUT2D eigenvalue weighted by atomic mass is 32.1. The average molecular weight is 211 g/mol. The minimum Gasteiger partial charge on any atom is -0.478 e. The SMILES string of the molecule is Cc1cc(C(=O)O)cnc1NNC=S. The molecule has 74 valence electrons. The van der Waals surface area contributed by atoms with Crippen molar-refractivity contribution >= 4 is 29.5 Å². The fourth-order valence-corrected chi connectivity index (χ4v) is 0.979. The second kappa shape index (κ2) is 4.52. The van der Waals surface area contributed by atoms with Crippen LogP contribution in [0.2, 0.25) is 0 Å². The molecule has 1 heterocycles. The molecule has 1 aromatic heterocycles. The molecule has 0 aliphatic rings. The van der Waals surface area contributed by atoms with Gasteiger partial charge in [0.1, 0.15) is 5.82 Å². The van der Waals surface area contributed by atoms with Crippen LogP contribution in [0.1, 0.15) is 15.9 Å². The van der Waals surface area contributed by atoms with E-state index >= 15 is 0 Å². The summed E-state index contributed by atoms with van der Waals surface area (Å²) in [5, 5.41) is 8.68. The summed E-state index contributed by atoms with van der Waals surface area (Å²) in [6.45, 7) is 1.76. The van der Waals surface area contributed by atoms with Gasteiger partial charge in [-0.15, -0.1) is 0 Å². The molecule has 1 aromatic rings. The Labute approximate surface area is 86.1 Å². The zero-order valence-corrected chi connectivity index (χ0v) is 8.26. The number of rotatable bonds is 4. The summed E-state index contributed by atoms with van der Waals surface area (Å²) in [5.41, 5.74) is 7.49. The summed E-state index contributed by atoms with van der Waals surface area (Å²) in [4.78, 5) is 14.5. The van der Waals surface area contributed by atoms with Gasteiger partial charge < -0.3 is 5.11 Å². The monoisotopic (exact) mass is 211 g/mol. The Kier molecular flexibility index (Phi) is 3.35. The number of hydrogen-bond acceptors (Lipinski definition) is 4. The molecule has 6 heteroatoms. The third-order valence-electron chi connectivity index (χ3n) is 1.57. The minimum atomic E-state index is -0.991. The van der Waals surface area contributed by atoms with Crippen LogP contribution >= 0.6 is 12.2 Å². The van der Waals surface area contributed by atoms with Gasteiger partial charge >= 0.3 is 5.97 Å². The lowest BCUT2D eigenvalue weighted by atomic mass is 10.2. The molecule has 0 spiro atoms. The Morgan fingerprint density at radius 3 is 2.93 bits per heavy atom. The second-order valence-electron chi connectivity index (χ2n) is 2.58. The molecule has 0 saturated carbocycles. The van der Waals surface area contributed by atoms with Gasteiger partial charge in [-0.25, -0.2) is 9.78 Å². The van der Waals surface area contributed by atoms with Gasteiger partial charge in [-0.05, 0) is 18.6 Å². The van der Waals surface area contributed by atoms with Gasteiger partial charge in [0.15, 0.2) is 0 Å². The molecule has 0 bridgehead atoms. The topological polar surface area (TPSA) is 74.2 Å². The van der Waals surface area contributed by atoms with Crippen LogP contribution in [0.15, 0.2) is 12.3 Å². The number of hydrogen-bond donors (Lipinski definition) is 3. The van der Waals surface area contributed by atoms with E-state index in [9.17, 15) is 4.79 Å². The maximum Gasteiger partial charge on any atom is 0.337 e. The van der Waals surface area contributed by atoms with E-state index in [0.717, 1.165) is 5.56 Å². The highest BCUT2D eigenvalue weighted by Crippen LogP contribution is 2.11. The van der Waals surface area contributed by atoms with E-state index in [-0.39, 0.29) is 5.56 Å². The molecule has 1 rings (SSSR count). The van der Waals surface area contributed by atoms with Crippen molar-refractivity contribution in [3.05, 3.63) is 23.4 Å². The number of nitrogens with zero attached hydrogens (tertiary/aromatic N) is 1. The lowest BCUT2D eigenvalue weighted by Crippen LogP contribution is -2.20. The van der Waals surface area contributed by atoms with E-state index in [4.69, 9.17) is 5.11 Å². The van der Waals surface area contributed by atoms with E-state index in [1.807, 2.05) is 0 Å². The van der Waals surface area contributed by atoms with Gasteiger partial charge in [0, 0.05) is 6.20 Å². The number of carboxylic acids is 1. The number of anilines is 1. The van der Waals surface area contributed by atoms with Gasteiger partial charge in [0.05, 0.1) is 11.1 Å². The molecule has 0 saturated heterocycles. The average Bonchev–Trinajstić information content (AvgIpc) is 2.15.